The normalized spacial score (nSPS) is 14.6. The predicted molar refractivity (Wildman–Crippen MR) is 65.3 cm³/mol. The van der Waals surface area contributed by atoms with Crippen LogP contribution in [0.25, 0.3) is 0 Å². The quantitative estimate of drug-likeness (QED) is 0.714. The van der Waals surface area contributed by atoms with Crippen LogP contribution in [0.15, 0.2) is 24.3 Å². The maximum Gasteiger partial charge on any atom is 0.123 e. The number of aliphatic hydroxyl groups is 1. The molecule has 0 heterocycles. The molecule has 0 fully saturated rings. The Labute approximate surface area is 101 Å². The highest BCUT2D eigenvalue weighted by molar-refractivity contribution is 5.22. The van der Waals surface area contributed by atoms with Crippen LogP contribution in [-0.4, -0.2) is 31.0 Å². The number of hydrogen-bond acceptors (Lipinski definition) is 3. The van der Waals surface area contributed by atoms with E-state index in [2.05, 4.69) is 0 Å². The molecule has 1 rings (SSSR count). The van der Waals surface area contributed by atoms with Crippen molar-refractivity contribution >= 4 is 0 Å². The van der Waals surface area contributed by atoms with Crippen LogP contribution in [0.3, 0.4) is 0 Å². The number of benzene rings is 1. The van der Waals surface area contributed by atoms with E-state index in [0.29, 0.717) is 19.6 Å². The average molecular weight is 241 g/mol. The summed E-state index contributed by atoms with van der Waals surface area (Å²) in [6.45, 7) is 3.31. The van der Waals surface area contributed by atoms with E-state index in [0.717, 1.165) is 5.56 Å². The van der Waals surface area contributed by atoms with Crippen LogP contribution in [0, 0.1) is 5.82 Å². The molecule has 0 amide bonds. The highest BCUT2D eigenvalue weighted by Gasteiger charge is 2.19. The van der Waals surface area contributed by atoms with Crippen molar-refractivity contribution in [1.29, 1.82) is 0 Å². The molecule has 0 aromatic heterocycles. The zero-order valence-electron chi connectivity index (χ0n) is 10.1. The Morgan fingerprint density at radius 2 is 2.24 bits per heavy atom. The summed E-state index contributed by atoms with van der Waals surface area (Å²) in [7, 11) is 0. The van der Waals surface area contributed by atoms with Gasteiger partial charge >= 0.3 is 0 Å². The van der Waals surface area contributed by atoms with Crippen molar-refractivity contribution in [2.45, 2.75) is 25.4 Å². The Balaban J connectivity index is 2.63. The minimum atomic E-state index is -0.603. The molecule has 0 aliphatic carbocycles. The summed E-state index contributed by atoms with van der Waals surface area (Å²) < 4.78 is 18.3. The van der Waals surface area contributed by atoms with Gasteiger partial charge in [0.05, 0.1) is 6.10 Å². The van der Waals surface area contributed by atoms with Gasteiger partial charge in [0.15, 0.2) is 0 Å². The van der Waals surface area contributed by atoms with E-state index in [1.54, 1.807) is 12.1 Å². The molecule has 0 aliphatic rings. The Bertz CT molecular complexity index is 333. The third-order valence-corrected chi connectivity index (χ3v) is 2.76. The van der Waals surface area contributed by atoms with E-state index in [-0.39, 0.29) is 18.3 Å². The van der Waals surface area contributed by atoms with Crippen molar-refractivity contribution in [3.05, 3.63) is 35.6 Å². The van der Waals surface area contributed by atoms with E-state index < -0.39 is 6.10 Å². The smallest absolute Gasteiger partial charge is 0.123 e. The summed E-state index contributed by atoms with van der Waals surface area (Å²) >= 11 is 0. The number of ether oxygens (including phenoxy) is 1. The van der Waals surface area contributed by atoms with Crippen molar-refractivity contribution in [3.8, 4) is 0 Å². The van der Waals surface area contributed by atoms with Crippen molar-refractivity contribution in [2.75, 3.05) is 19.8 Å². The number of halogens is 1. The first-order valence-corrected chi connectivity index (χ1v) is 5.90. The van der Waals surface area contributed by atoms with Gasteiger partial charge in [0.1, 0.15) is 5.82 Å². The summed E-state index contributed by atoms with van der Waals surface area (Å²) in [5.41, 5.74) is 6.37. The zero-order chi connectivity index (χ0) is 12.7. The lowest BCUT2D eigenvalue weighted by Gasteiger charge is -2.21. The first-order valence-electron chi connectivity index (χ1n) is 5.90. The molecule has 0 spiro atoms. The fourth-order valence-corrected chi connectivity index (χ4v) is 1.80. The van der Waals surface area contributed by atoms with Gasteiger partial charge in [-0.2, -0.15) is 0 Å². The summed E-state index contributed by atoms with van der Waals surface area (Å²) in [4.78, 5) is 0. The van der Waals surface area contributed by atoms with Gasteiger partial charge < -0.3 is 15.6 Å². The molecule has 0 radical (unpaired) electrons. The molecule has 1 aromatic rings. The van der Waals surface area contributed by atoms with Gasteiger partial charge in [-0.25, -0.2) is 4.39 Å². The molecule has 0 saturated carbocycles. The molecule has 17 heavy (non-hydrogen) atoms. The molecule has 4 heteroatoms. The second-order valence-electron chi connectivity index (χ2n) is 3.95. The van der Waals surface area contributed by atoms with Crippen LogP contribution in [0.5, 0.6) is 0 Å². The summed E-state index contributed by atoms with van der Waals surface area (Å²) in [5, 5.41) is 10.00. The first kappa shape index (κ1) is 14.1. The van der Waals surface area contributed by atoms with Crippen LogP contribution in [-0.2, 0) is 4.74 Å². The molecule has 96 valence electrons. The van der Waals surface area contributed by atoms with Crippen molar-refractivity contribution in [1.82, 2.24) is 0 Å². The van der Waals surface area contributed by atoms with Gasteiger partial charge in [-0.1, -0.05) is 12.1 Å². The summed E-state index contributed by atoms with van der Waals surface area (Å²) in [6, 6.07) is 6.21. The van der Waals surface area contributed by atoms with Crippen LogP contribution in [0.4, 0.5) is 4.39 Å². The van der Waals surface area contributed by atoms with Crippen molar-refractivity contribution < 1.29 is 14.2 Å². The van der Waals surface area contributed by atoms with Gasteiger partial charge in [0.25, 0.3) is 0 Å². The Morgan fingerprint density at radius 1 is 1.47 bits per heavy atom. The molecule has 3 N–H and O–H groups in total. The van der Waals surface area contributed by atoms with Gasteiger partial charge in [0, 0.05) is 25.7 Å². The second kappa shape index (κ2) is 7.37. The SMILES string of the molecule is CCOCCC(O)C(CN)c1cccc(F)c1. The van der Waals surface area contributed by atoms with Crippen LogP contribution in [0.1, 0.15) is 24.8 Å². The average Bonchev–Trinajstić information content (AvgIpc) is 2.30. The van der Waals surface area contributed by atoms with E-state index in [1.165, 1.54) is 12.1 Å². The molecule has 2 atom stereocenters. The molecule has 3 nitrogen and oxygen atoms in total. The van der Waals surface area contributed by atoms with Crippen LogP contribution >= 0.6 is 0 Å². The Hall–Kier alpha value is -0.970. The fraction of sp³-hybridized carbons (Fsp3) is 0.538. The zero-order valence-corrected chi connectivity index (χ0v) is 10.1. The predicted octanol–water partition coefficient (Wildman–Crippen LogP) is 1.66. The monoisotopic (exact) mass is 241 g/mol. The van der Waals surface area contributed by atoms with E-state index in [4.69, 9.17) is 10.5 Å². The van der Waals surface area contributed by atoms with Crippen molar-refractivity contribution in [2.24, 2.45) is 5.73 Å². The van der Waals surface area contributed by atoms with Crippen LogP contribution in [0.2, 0.25) is 0 Å². The number of aliphatic hydroxyl groups excluding tert-OH is 1. The topological polar surface area (TPSA) is 55.5 Å². The van der Waals surface area contributed by atoms with Crippen LogP contribution < -0.4 is 5.73 Å². The lowest BCUT2D eigenvalue weighted by molar-refractivity contribution is 0.0752. The maximum atomic E-state index is 13.1. The molecule has 0 bridgehead atoms. The van der Waals surface area contributed by atoms with Crippen molar-refractivity contribution in [3.63, 3.8) is 0 Å². The van der Waals surface area contributed by atoms with Gasteiger partial charge in [0.2, 0.25) is 0 Å². The molecule has 0 aliphatic heterocycles. The Kier molecular flexibility index (Phi) is 6.11. The number of hydrogen-bond donors (Lipinski definition) is 2. The highest BCUT2D eigenvalue weighted by Crippen LogP contribution is 2.21. The van der Waals surface area contributed by atoms with E-state index >= 15 is 0 Å². The lowest BCUT2D eigenvalue weighted by Crippen LogP contribution is -2.27. The fourth-order valence-electron chi connectivity index (χ4n) is 1.80. The van der Waals surface area contributed by atoms with Gasteiger partial charge in [-0.05, 0) is 31.0 Å². The van der Waals surface area contributed by atoms with E-state index in [1.807, 2.05) is 6.92 Å². The summed E-state index contributed by atoms with van der Waals surface area (Å²) in [5.74, 6) is -0.552. The number of nitrogens with two attached hydrogens (primary N) is 1. The minimum Gasteiger partial charge on any atom is -0.392 e. The third kappa shape index (κ3) is 4.42. The first-order chi connectivity index (χ1) is 8.19. The second-order valence-corrected chi connectivity index (χ2v) is 3.95. The third-order valence-electron chi connectivity index (χ3n) is 2.76. The Morgan fingerprint density at radius 3 is 2.82 bits per heavy atom. The number of rotatable bonds is 7. The van der Waals surface area contributed by atoms with Gasteiger partial charge in [-0.3, -0.25) is 0 Å². The lowest BCUT2D eigenvalue weighted by atomic mass is 9.92. The van der Waals surface area contributed by atoms with E-state index in [9.17, 15) is 9.50 Å². The molecular weight excluding hydrogens is 221 g/mol. The van der Waals surface area contributed by atoms with Gasteiger partial charge in [-0.15, -0.1) is 0 Å². The largest absolute Gasteiger partial charge is 0.392 e. The summed E-state index contributed by atoms with van der Waals surface area (Å²) in [6.07, 6.45) is -0.0972. The highest BCUT2D eigenvalue weighted by atomic mass is 19.1. The maximum absolute atomic E-state index is 13.1. The molecule has 1 aromatic carbocycles. The molecule has 0 saturated heterocycles. The molecule has 2 unspecified atom stereocenters. The standard InChI is InChI=1S/C13H20FNO2/c1-2-17-7-6-13(16)12(9-15)10-4-3-5-11(14)8-10/h3-5,8,12-13,16H,2,6-7,9,15H2,1H3. The minimum absolute atomic E-state index is 0.244. The molecular formula is C13H20FNO2.